The lowest BCUT2D eigenvalue weighted by molar-refractivity contribution is -0.145. The van der Waals surface area contributed by atoms with Crippen LogP contribution in [0.1, 0.15) is 60.0 Å². The van der Waals surface area contributed by atoms with Crippen molar-refractivity contribution in [2.75, 3.05) is 20.2 Å². The van der Waals surface area contributed by atoms with E-state index in [1.807, 2.05) is 54.2 Å². The lowest BCUT2D eigenvalue weighted by Gasteiger charge is -2.27. The van der Waals surface area contributed by atoms with Crippen LogP contribution >= 0.6 is 0 Å². The number of aromatic nitrogens is 2. The summed E-state index contributed by atoms with van der Waals surface area (Å²) in [5.74, 6) is -0.440. The topological polar surface area (TPSA) is 120 Å². The molecule has 0 bridgehead atoms. The van der Waals surface area contributed by atoms with Gasteiger partial charge in [0.2, 0.25) is 0 Å². The molecule has 1 aromatic heterocycles. The van der Waals surface area contributed by atoms with Gasteiger partial charge >= 0.3 is 12.1 Å². The minimum Gasteiger partial charge on any atom is -0.488 e. The molecule has 0 saturated carbocycles. The van der Waals surface area contributed by atoms with Crippen molar-refractivity contribution in [3.63, 3.8) is 0 Å². The maximum atomic E-state index is 12.9. The minimum absolute atomic E-state index is 0.175. The molecule has 11 nitrogen and oxygen atoms in total. The molecule has 11 heteroatoms. The molecular weight excluding hydrogens is 600 g/mol. The molecule has 244 valence electrons. The monoisotopic (exact) mass is 638 g/mol. The molecule has 3 amide bonds. The van der Waals surface area contributed by atoms with E-state index in [0.717, 1.165) is 27.7 Å². The smallest absolute Gasteiger partial charge is 0.411 e. The van der Waals surface area contributed by atoms with Crippen molar-refractivity contribution in [1.82, 2.24) is 19.6 Å². The number of benzene rings is 3. The highest BCUT2D eigenvalue weighted by Gasteiger charge is 2.43. The Hall–Kier alpha value is -5.19. The number of likely N-dealkylation sites (tertiary alicyclic amines) is 1. The first-order valence-corrected chi connectivity index (χ1v) is 15.7. The number of nitrogens with zero attached hydrogens (tertiary/aromatic N) is 4. The van der Waals surface area contributed by atoms with E-state index in [1.54, 1.807) is 45.0 Å². The van der Waals surface area contributed by atoms with Gasteiger partial charge in [-0.1, -0.05) is 36.4 Å². The second-order valence-electron chi connectivity index (χ2n) is 12.9. The summed E-state index contributed by atoms with van der Waals surface area (Å²) in [5, 5.41) is 5.73. The average molecular weight is 639 g/mol. The summed E-state index contributed by atoms with van der Waals surface area (Å²) in [4.78, 5) is 53.9. The molecular formula is C36H38N4O7. The molecule has 1 saturated heterocycles. The molecule has 0 radical (unpaired) electrons. The van der Waals surface area contributed by atoms with E-state index in [2.05, 4.69) is 0 Å². The van der Waals surface area contributed by atoms with Crippen LogP contribution in [0.2, 0.25) is 0 Å². The van der Waals surface area contributed by atoms with Gasteiger partial charge in [0.15, 0.2) is 0 Å². The zero-order valence-corrected chi connectivity index (χ0v) is 27.2. The highest BCUT2D eigenvalue weighted by atomic mass is 16.6. The van der Waals surface area contributed by atoms with E-state index in [1.165, 1.54) is 16.9 Å². The van der Waals surface area contributed by atoms with Gasteiger partial charge in [-0.3, -0.25) is 24.1 Å². The number of aryl methyl sites for hydroxylation is 2. The van der Waals surface area contributed by atoms with Crippen molar-refractivity contribution in [1.29, 1.82) is 0 Å². The molecule has 0 aliphatic carbocycles. The Labute approximate surface area is 273 Å². The SMILES string of the molecule is COC(=O)C1C[C@H](Oc2cccc(-c3cccc4nn(C)c(CCCN5C(=O)c6ccccc6C5=O)c34)c2)CN1C(=O)OC(C)(C)C. The van der Waals surface area contributed by atoms with Crippen molar-refractivity contribution in [2.24, 2.45) is 7.05 Å². The summed E-state index contributed by atoms with van der Waals surface area (Å²) in [7, 11) is 3.19. The summed E-state index contributed by atoms with van der Waals surface area (Å²) < 4.78 is 18.7. The molecule has 0 spiro atoms. The van der Waals surface area contributed by atoms with Crippen molar-refractivity contribution < 1.29 is 33.4 Å². The van der Waals surface area contributed by atoms with E-state index in [4.69, 9.17) is 19.3 Å². The summed E-state index contributed by atoms with van der Waals surface area (Å²) >= 11 is 0. The first-order chi connectivity index (χ1) is 22.4. The number of carbonyl (C=O) groups is 4. The van der Waals surface area contributed by atoms with Gasteiger partial charge in [-0.15, -0.1) is 0 Å². The molecule has 47 heavy (non-hydrogen) atoms. The van der Waals surface area contributed by atoms with Crippen LogP contribution in [0, 0.1) is 0 Å². The molecule has 2 aliphatic rings. The lowest BCUT2D eigenvalue weighted by atomic mass is 9.98. The standard InChI is InChI=1S/C36H38N4O7/c1-36(2,3)47-35(44)40-21-24(20-30(40)34(43)45-5)46-23-12-8-11-22(19-23)25-15-9-16-28-31(25)29(38(4)37-28)17-10-18-39-32(41)26-13-6-7-14-27(26)33(39)42/h6-9,11-16,19,24,30H,10,17-18,20-21H2,1-5H3/t24-,30?/m0/s1. The molecule has 3 aromatic carbocycles. The number of hydrogen-bond donors (Lipinski definition) is 0. The van der Waals surface area contributed by atoms with Gasteiger partial charge in [-0.25, -0.2) is 9.59 Å². The Morgan fingerprint density at radius 1 is 0.936 bits per heavy atom. The fraction of sp³-hybridized carbons (Fsp3) is 0.361. The zero-order chi connectivity index (χ0) is 33.5. The number of amides is 3. The molecule has 1 unspecified atom stereocenters. The third kappa shape index (κ3) is 6.30. The molecule has 1 fully saturated rings. The summed E-state index contributed by atoms with van der Waals surface area (Å²) in [6.07, 6.45) is 0.408. The Balaban J connectivity index is 1.20. The Morgan fingerprint density at radius 3 is 2.30 bits per heavy atom. The lowest BCUT2D eigenvalue weighted by Crippen LogP contribution is -2.44. The number of methoxy groups -OCH3 is 1. The van der Waals surface area contributed by atoms with Crippen molar-refractivity contribution in [2.45, 2.75) is 57.8 Å². The number of esters is 1. The largest absolute Gasteiger partial charge is 0.488 e. The number of ether oxygens (including phenoxy) is 3. The van der Waals surface area contributed by atoms with Crippen LogP contribution in [-0.2, 0) is 27.7 Å². The Bertz CT molecular complexity index is 1840. The van der Waals surface area contributed by atoms with Crippen LogP contribution in [0.25, 0.3) is 22.0 Å². The fourth-order valence-electron chi connectivity index (χ4n) is 6.38. The van der Waals surface area contributed by atoms with Crippen molar-refractivity contribution in [3.8, 4) is 16.9 Å². The van der Waals surface area contributed by atoms with E-state index < -0.39 is 29.8 Å². The predicted octanol–water partition coefficient (Wildman–Crippen LogP) is 5.40. The van der Waals surface area contributed by atoms with E-state index in [9.17, 15) is 19.2 Å². The molecule has 0 N–H and O–H groups in total. The fourth-order valence-corrected chi connectivity index (χ4v) is 6.38. The minimum atomic E-state index is -0.810. The first-order valence-electron chi connectivity index (χ1n) is 15.7. The van der Waals surface area contributed by atoms with E-state index in [0.29, 0.717) is 36.3 Å². The Morgan fingerprint density at radius 2 is 1.62 bits per heavy atom. The number of fused-ring (bicyclic) bond motifs is 2. The molecule has 4 aromatic rings. The second kappa shape index (κ2) is 12.5. The van der Waals surface area contributed by atoms with Crippen LogP contribution in [0.15, 0.2) is 66.7 Å². The van der Waals surface area contributed by atoms with Crippen LogP contribution in [0.5, 0.6) is 5.75 Å². The Kier molecular flexibility index (Phi) is 8.48. The average Bonchev–Trinajstić information content (AvgIpc) is 3.68. The summed E-state index contributed by atoms with van der Waals surface area (Å²) in [6, 6.07) is 19.7. The zero-order valence-electron chi connectivity index (χ0n) is 27.2. The highest BCUT2D eigenvalue weighted by Crippen LogP contribution is 2.35. The quantitative estimate of drug-likeness (QED) is 0.186. The van der Waals surface area contributed by atoms with Crippen molar-refractivity contribution in [3.05, 3.63) is 83.6 Å². The normalized spacial score (nSPS) is 17.7. The van der Waals surface area contributed by atoms with Gasteiger partial charge in [0.05, 0.1) is 30.3 Å². The highest BCUT2D eigenvalue weighted by molar-refractivity contribution is 6.21. The first kappa shape index (κ1) is 31.8. The number of hydrogen-bond acceptors (Lipinski definition) is 8. The third-order valence-electron chi connectivity index (χ3n) is 8.46. The maximum Gasteiger partial charge on any atom is 0.411 e. The van der Waals surface area contributed by atoms with Gasteiger partial charge in [0.25, 0.3) is 11.8 Å². The second-order valence-corrected chi connectivity index (χ2v) is 12.9. The molecule has 2 aliphatic heterocycles. The number of imide groups is 1. The van der Waals surface area contributed by atoms with Gasteiger partial charge in [0, 0.05) is 31.1 Å². The van der Waals surface area contributed by atoms with E-state index in [-0.39, 0.29) is 24.8 Å². The van der Waals surface area contributed by atoms with E-state index >= 15 is 0 Å². The van der Waals surface area contributed by atoms with Crippen molar-refractivity contribution >= 4 is 34.8 Å². The number of rotatable bonds is 8. The van der Waals surface area contributed by atoms with Gasteiger partial charge in [-0.2, -0.15) is 5.10 Å². The predicted molar refractivity (Wildman–Crippen MR) is 174 cm³/mol. The molecule has 6 rings (SSSR count). The van der Waals surface area contributed by atoms with Gasteiger partial charge in [0.1, 0.15) is 23.5 Å². The van der Waals surface area contributed by atoms with Crippen LogP contribution in [0.3, 0.4) is 0 Å². The molecule has 3 heterocycles. The number of carbonyl (C=O) groups excluding carboxylic acids is 4. The third-order valence-corrected chi connectivity index (χ3v) is 8.46. The van der Waals surface area contributed by atoms with Gasteiger partial charge in [-0.05, 0) is 75.1 Å². The van der Waals surface area contributed by atoms with Crippen LogP contribution in [0.4, 0.5) is 4.79 Å². The molecule has 2 atom stereocenters. The summed E-state index contributed by atoms with van der Waals surface area (Å²) in [6.45, 7) is 5.80. The van der Waals surface area contributed by atoms with Crippen LogP contribution in [-0.4, -0.2) is 81.4 Å². The maximum absolute atomic E-state index is 12.9. The van der Waals surface area contributed by atoms with Crippen LogP contribution < -0.4 is 4.74 Å². The summed E-state index contributed by atoms with van der Waals surface area (Å²) in [5.41, 5.74) is 3.87. The van der Waals surface area contributed by atoms with Gasteiger partial charge < -0.3 is 14.2 Å².